The van der Waals surface area contributed by atoms with Gasteiger partial charge in [-0.1, -0.05) is 94.9 Å². The van der Waals surface area contributed by atoms with Gasteiger partial charge in [0, 0.05) is 39.1 Å². The maximum Gasteiger partial charge on any atom is 1.00 e. The summed E-state index contributed by atoms with van der Waals surface area (Å²) in [5.41, 5.74) is -0.454. The summed E-state index contributed by atoms with van der Waals surface area (Å²) in [6.07, 6.45) is 28.6. The van der Waals surface area contributed by atoms with Crippen LogP contribution in [0.15, 0.2) is 9.96 Å². The van der Waals surface area contributed by atoms with E-state index in [1.807, 2.05) is 27.7 Å². The second kappa shape index (κ2) is 39.5. The van der Waals surface area contributed by atoms with E-state index in [-0.39, 0.29) is 135 Å². The molecule has 4 saturated carbocycles. The van der Waals surface area contributed by atoms with Crippen molar-refractivity contribution in [2.75, 3.05) is 21.3 Å². The van der Waals surface area contributed by atoms with Gasteiger partial charge in [0.25, 0.3) is 0 Å². The summed E-state index contributed by atoms with van der Waals surface area (Å²) in [4.78, 5) is 46.6. The summed E-state index contributed by atoms with van der Waals surface area (Å²) in [7, 11) is -2.66. The maximum atomic E-state index is 11.7. The van der Waals surface area contributed by atoms with Crippen molar-refractivity contribution in [1.29, 1.82) is 0 Å². The van der Waals surface area contributed by atoms with Gasteiger partial charge in [-0.25, -0.2) is 5.26 Å². The standard InChI is InChI=1S/C27H50O2Si.C26H50O3Si.C4H7N2O3P.CHO3.CH4O.CH3O.2K/c1-11-17-26(7,19-13-18-25(5,6)28)23-16-15-21-22(14-12-20-27(21,23)8)29-30(9,10)24(2,3)4;1-23(2,3)30(8,9)29-21-12-10-17-26(7)20(21)13-14-22(26)25(6,18-19-27)16-11-15-24(4,5)28;1-4(7)3-5-6-10(8)9-2;2-1-4-3;2*1-2;;/h1,21-23,28H,12-20H2,2-10H3;19-22,28H,10-18H2,1-9H3;3H,1-2H3;3H;2H,1H3;1H3;;/q;;;-1;;-1;2*+1/b;;5-3+;;;;;/t21?,22-,23+,26?,27-;20?,21-,22+,25?,26-;;;;;;/m00....../s1. The SMILES string of the molecule is C#CCC(C)(CCCC(C)(C)O)[C@H]1CCC2[C@@H](O[Si](C)(C)C(C)(C)C)CCC[C@@]21C.CC(C)(O)CCCC(C)(CC=O)[C@H]1CCC2[C@@H](O[Si](C)(C)C(C)(C)C)CCC[C@@]21C.CO.CO[P+]([O-])=N/N=C/C(C)=O.C[O-].O=[C-]OO.[K+].[K+]. The third-order valence-corrected chi connectivity index (χ3v) is 28.6. The first-order valence-corrected chi connectivity index (χ1v) is 35.6. The smallest absolute Gasteiger partial charge is 0.857 e. The van der Waals surface area contributed by atoms with Gasteiger partial charge in [-0.05, 0) is 193 Å². The second-order valence-electron chi connectivity index (χ2n) is 28.0. The number of carbonyl (C=O) groups is 2. The van der Waals surface area contributed by atoms with Crippen LogP contribution in [0.4, 0.5) is 0 Å². The summed E-state index contributed by atoms with van der Waals surface area (Å²) in [5, 5.41) is 46.3. The summed E-state index contributed by atoms with van der Waals surface area (Å²) in [6, 6.07) is 0. The molecule has 15 nitrogen and oxygen atoms in total. The zero-order valence-corrected chi connectivity index (χ0v) is 64.4. The number of hydrogen-bond acceptors (Lipinski definition) is 14. The summed E-state index contributed by atoms with van der Waals surface area (Å²) in [5.74, 6) is 5.28. The Morgan fingerprint density at radius 3 is 1.40 bits per heavy atom. The van der Waals surface area contributed by atoms with Gasteiger partial charge in [0.2, 0.25) is 0 Å². The topological polar surface area (TPSA) is 240 Å². The first kappa shape index (κ1) is 87.9. The number of terminal acetylenes is 1. The molecule has 20 heteroatoms. The largest absolute Gasteiger partial charge is 1.00 e. The van der Waals surface area contributed by atoms with E-state index in [1.165, 1.54) is 78.2 Å². The summed E-state index contributed by atoms with van der Waals surface area (Å²) in [6.45, 7) is 43.2. The number of hydrogen-bond donors (Lipinski definition) is 4. The van der Waals surface area contributed by atoms with E-state index in [2.05, 4.69) is 121 Å². The molecule has 11 atom stereocenters. The number of ketones is 1. The van der Waals surface area contributed by atoms with Crippen molar-refractivity contribution in [2.24, 2.45) is 55.3 Å². The number of aldehydes is 1. The minimum absolute atomic E-state index is 0. The quantitative estimate of drug-likeness (QED) is 0.0134. The van der Waals surface area contributed by atoms with Gasteiger partial charge >= 0.3 is 111 Å². The van der Waals surface area contributed by atoms with Crippen molar-refractivity contribution < 1.29 is 166 Å². The Bertz CT molecular complexity index is 1870. The normalized spacial score (nSPS) is 26.3. The fourth-order valence-electron chi connectivity index (χ4n) is 13.2. The molecular weight excluding hydrogens is 1120 g/mol. The molecule has 0 aromatic heterocycles. The Hall–Kier alpha value is 1.49. The Balaban J connectivity index is -0.000000545. The van der Waals surface area contributed by atoms with Gasteiger partial charge in [-0.15, -0.1) is 17.4 Å². The molecule has 0 aromatic rings. The van der Waals surface area contributed by atoms with Crippen molar-refractivity contribution in [3.63, 3.8) is 0 Å². The number of aliphatic hydroxyl groups is 3. The average molecular weight is 1240 g/mol. The Morgan fingerprint density at radius 1 is 0.738 bits per heavy atom. The fourth-order valence-corrected chi connectivity index (χ4v) is 16.2. The molecule has 0 amide bonds. The monoisotopic (exact) mass is 1240 g/mol. The van der Waals surface area contributed by atoms with E-state index in [1.54, 1.807) is 0 Å². The van der Waals surface area contributed by atoms with Crippen molar-refractivity contribution >= 4 is 49.6 Å². The molecule has 4 aliphatic rings. The molecule has 4 fully saturated rings. The molecule has 0 bridgehead atoms. The van der Waals surface area contributed by atoms with Crippen molar-refractivity contribution in [3.05, 3.63) is 0 Å². The number of aliphatic hydroxyl groups excluding tert-OH is 1. The van der Waals surface area contributed by atoms with E-state index in [4.69, 9.17) is 35.5 Å². The molecule has 0 aromatic carbocycles. The second-order valence-corrected chi connectivity index (χ2v) is 38.6. The Morgan fingerprint density at radius 2 is 1.10 bits per heavy atom. The first-order chi connectivity index (χ1) is 35.7. The number of rotatable bonds is 21. The van der Waals surface area contributed by atoms with Crippen LogP contribution in [0.25, 0.3) is 0 Å². The van der Waals surface area contributed by atoms with Crippen LogP contribution in [0.5, 0.6) is 0 Å². The third-order valence-electron chi connectivity index (χ3n) is 19.0. The van der Waals surface area contributed by atoms with E-state index in [0.717, 1.165) is 78.1 Å². The van der Waals surface area contributed by atoms with Crippen molar-refractivity contribution in [2.45, 2.75) is 279 Å². The van der Waals surface area contributed by atoms with Gasteiger partial charge < -0.3 is 48.6 Å². The molecule has 4 aliphatic carbocycles. The van der Waals surface area contributed by atoms with Crippen LogP contribution in [-0.2, 0) is 32.6 Å². The Labute approximate surface area is 576 Å². The van der Waals surface area contributed by atoms with Crippen LogP contribution in [0.1, 0.15) is 219 Å². The molecule has 5 unspecified atom stereocenters. The van der Waals surface area contributed by atoms with Gasteiger partial charge in [0.05, 0.1) is 29.4 Å². The molecule has 4 rings (SSSR count). The summed E-state index contributed by atoms with van der Waals surface area (Å²) >= 11 is 0. The van der Waals surface area contributed by atoms with Crippen LogP contribution in [0.3, 0.4) is 0 Å². The molecule has 0 radical (unpaired) electrons. The molecule has 0 spiro atoms. The minimum Gasteiger partial charge on any atom is -0.857 e. The first-order valence-electron chi connectivity index (χ1n) is 28.7. The van der Waals surface area contributed by atoms with Crippen LogP contribution < -0.4 is 113 Å². The van der Waals surface area contributed by atoms with Crippen LogP contribution in [0, 0.1) is 57.7 Å². The van der Waals surface area contributed by atoms with Crippen LogP contribution in [0.2, 0.25) is 36.3 Å². The van der Waals surface area contributed by atoms with E-state index >= 15 is 0 Å². The van der Waals surface area contributed by atoms with Crippen molar-refractivity contribution in [3.8, 4) is 12.3 Å². The van der Waals surface area contributed by atoms with Crippen LogP contribution in [-0.4, -0.2) is 107 Å². The van der Waals surface area contributed by atoms with E-state index in [0.29, 0.717) is 47.7 Å². The predicted octanol–water partition coefficient (Wildman–Crippen LogP) is 6.89. The van der Waals surface area contributed by atoms with E-state index < -0.39 is 36.0 Å². The average Bonchev–Trinajstić information content (AvgIpc) is 3.88. The van der Waals surface area contributed by atoms with E-state index in [9.17, 15) is 24.7 Å². The number of Topliss-reactive ketones (excluding diaryl/α,β-unsaturated/α-hetero) is 1. The zero-order chi connectivity index (χ0) is 61.4. The Kier molecular flexibility index (Phi) is 43.4. The fraction of sp³-hybridized carbons (Fsp3) is 0.900. The third kappa shape index (κ3) is 28.8. The number of carbonyl (C=O) groups excluding carboxylic acids is 3. The maximum absolute atomic E-state index is 11.7. The van der Waals surface area contributed by atoms with Crippen molar-refractivity contribution in [1.82, 2.24) is 0 Å². The molecule has 0 aliphatic heterocycles. The van der Waals surface area contributed by atoms with Crippen LogP contribution >= 0.6 is 8.17 Å². The van der Waals surface area contributed by atoms with Gasteiger partial charge in [-0.3, -0.25) is 4.79 Å². The minimum atomic E-state index is -2.08. The zero-order valence-electron chi connectivity index (χ0n) is 55.2. The molecule has 458 valence electrons. The van der Waals surface area contributed by atoms with Gasteiger partial charge in [-0.2, -0.15) is 11.6 Å². The molecule has 4 N–H and O–H groups in total. The summed E-state index contributed by atoms with van der Waals surface area (Å²) < 4.78 is 18.3. The van der Waals surface area contributed by atoms with Gasteiger partial charge in [0.15, 0.2) is 22.4 Å². The number of nitrogens with zero attached hydrogens (tertiary/aromatic N) is 2. The molecule has 0 saturated heterocycles. The number of fused-ring (bicyclic) bond motifs is 2. The molecular formula is C60H115K2N2O13PSi2. The van der Waals surface area contributed by atoms with Gasteiger partial charge in [0.1, 0.15) is 6.29 Å². The predicted molar refractivity (Wildman–Crippen MR) is 320 cm³/mol. The molecule has 80 heavy (non-hydrogen) atoms. The molecule has 0 heterocycles.